The number of carbonyl (C=O) groups is 2. The van der Waals surface area contributed by atoms with Gasteiger partial charge in [0.2, 0.25) is 5.13 Å². The molecule has 1 N–H and O–H groups in total. The van der Waals surface area contributed by atoms with E-state index in [4.69, 9.17) is 21.1 Å². The van der Waals surface area contributed by atoms with Gasteiger partial charge in [-0.1, -0.05) is 70.6 Å². The van der Waals surface area contributed by atoms with Crippen molar-refractivity contribution in [2.24, 2.45) is 0 Å². The summed E-state index contributed by atoms with van der Waals surface area (Å²) >= 11 is 8.75. The van der Waals surface area contributed by atoms with Crippen LogP contribution in [-0.2, 0) is 15.3 Å². The summed E-state index contributed by atoms with van der Waals surface area (Å²) < 4.78 is 12.2. The van der Waals surface area contributed by atoms with Gasteiger partial charge in [-0.25, -0.2) is 0 Å². The first-order valence-corrected chi connectivity index (χ1v) is 15.5. The summed E-state index contributed by atoms with van der Waals surface area (Å²) in [5.74, 6) is -0.298. The second-order valence-electron chi connectivity index (χ2n) is 9.37. The minimum atomic E-state index is -0.988. The number of ether oxygens (including phenoxy) is 2. The molecule has 0 spiro atoms. The van der Waals surface area contributed by atoms with Crippen molar-refractivity contribution in [2.75, 3.05) is 18.1 Å². The molecule has 1 saturated heterocycles. The van der Waals surface area contributed by atoms with Gasteiger partial charge in [0.25, 0.3) is 5.78 Å². The number of Topliss-reactive ketones (excluding diaryl/α,β-unsaturated/α-hetero) is 1. The van der Waals surface area contributed by atoms with Crippen molar-refractivity contribution < 1.29 is 24.2 Å². The molecule has 4 aromatic rings. The highest BCUT2D eigenvalue weighted by Gasteiger charge is 2.48. The number of ketones is 1. The Kier molecular flexibility index (Phi) is 9.15. The average molecular weight is 622 g/mol. The smallest absolute Gasteiger partial charge is 0.301 e. The Morgan fingerprint density at radius 2 is 1.67 bits per heavy atom. The molecule has 0 radical (unpaired) electrons. The molecule has 0 saturated carbocycles. The van der Waals surface area contributed by atoms with Crippen LogP contribution in [0, 0.1) is 6.92 Å². The monoisotopic (exact) mass is 621 g/mol. The van der Waals surface area contributed by atoms with E-state index in [9.17, 15) is 14.7 Å². The van der Waals surface area contributed by atoms with Crippen LogP contribution < -0.4 is 14.4 Å². The van der Waals surface area contributed by atoms with Crippen LogP contribution in [0.1, 0.15) is 42.1 Å². The third-order valence-electron chi connectivity index (χ3n) is 6.53. The van der Waals surface area contributed by atoms with E-state index in [-0.39, 0.29) is 16.5 Å². The molecule has 0 bridgehead atoms. The van der Waals surface area contributed by atoms with E-state index >= 15 is 0 Å². The summed E-state index contributed by atoms with van der Waals surface area (Å²) in [7, 11) is 0. The number of aromatic nitrogens is 2. The summed E-state index contributed by atoms with van der Waals surface area (Å²) in [6, 6.07) is 18.8. The highest BCUT2D eigenvalue weighted by Crippen LogP contribution is 2.45. The molecule has 1 unspecified atom stereocenters. The van der Waals surface area contributed by atoms with Gasteiger partial charge in [-0.05, 0) is 68.3 Å². The summed E-state index contributed by atoms with van der Waals surface area (Å²) in [5, 5.41) is 20.7. The predicted molar refractivity (Wildman–Crippen MR) is 166 cm³/mol. The molecular formula is C31H28ClN3O5S2. The minimum absolute atomic E-state index is 0.0713. The average Bonchev–Trinajstić information content (AvgIpc) is 3.56. The zero-order chi connectivity index (χ0) is 29.8. The first kappa shape index (κ1) is 29.6. The lowest BCUT2D eigenvalue weighted by Crippen LogP contribution is -2.29. The number of benzene rings is 3. The number of hydrogen-bond acceptors (Lipinski definition) is 9. The lowest BCUT2D eigenvalue weighted by Gasteiger charge is -2.23. The Morgan fingerprint density at radius 1 is 0.976 bits per heavy atom. The van der Waals surface area contributed by atoms with Crippen LogP contribution in [-0.4, -0.2) is 40.2 Å². The highest BCUT2D eigenvalue weighted by molar-refractivity contribution is 8.00. The lowest BCUT2D eigenvalue weighted by atomic mass is 9.95. The van der Waals surface area contributed by atoms with E-state index in [1.165, 1.54) is 33.6 Å². The zero-order valence-electron chi connectivity index (χ0n) is 23.2. The molecule has 1 aliphatic rings. The predicted octanol–water partition coefficient (Wildman–Crippen LogP) is 7.22. The first-order valence-electron chi connectivity index (χ1n) is 13.3. The van der Waals surface area contributed by atoms with Gasteiger partial charge in [-0.2, -0.15) is 0 Å². The van der Waals surface area contributed by atoms with Crippen LogP contribution in [0.25, 0.3) is 5.76 Å². The number of halogens is 1. The second-order valence-corrected chi connectivity index (χ2v) is 12.0. The molecule has 0 aliphatic carbocycles. The third kappa shape index (κ3) is 6.16. The van der Waals surface area contributed by atoms with Crippen LogP contribution in [0.2, 0.25) is 5.02 Å². The summed E-state index contributed by atoms with van der Waals surface area (Å²) in [6.07, 6.45) is 0. The van der Waals surface area contributed by atoms with Crippen LogP contribution in [0.4, 0.5) is 5.13 Å². The van der Waals surface area contributed by atoms with Gasteiger partial charge in [0, 0.05) is 16.3 Å². The van der Waals surface area contributed by atoms with Crippen molar-refractivity contribution in [1.29, 1.82) is 0 Å². The number of rotatable bonds is 10. The number of carbonyl (C=O) groups excluding carboxylic acids is 2. The number of nitrogens with zero attached hydrogens (tertiary/aromatic N) is 3. The summed E-state index contributed by atoms with van der Waals surface area (Å²) in [4.78, 5) is 28.4. The number of aliphatic hydroxyl groups excluding tert-OH is 1. The second kappa shape index (κ2) is 13.0. The Balaban J connectivity index is 1.57. The molecule has 42 heavy (non-hydrogen) atoms. The van der Waals surface area contributed by atoms with E-state index in [0.29, 0.717) is 51.0 Å². The van der Waals surface area contributed by atoms with Crippen LogP contribution in [0.5, 0.6) is 11.5 Å². The normalized spacial score (nSPS) is 16.2. The van der Waals surface area contributed by atoms with Gasteiger partial charge in [-0.15, -0.1) is 10.2 Å². The molecule has 5 rings (SSSR count). The van der Waals surface area contributed by atoms with Gasteiger partial charge in [0.15, 0.2) is 15.8 Å². The summed E-state index contributed by atoms with van der Waals surface area (Å²) in [6.45, 7) is 6.57. The van der Waals surface area contributed by atoms with Gasteiger partial charge in [0.05, 0.1) is 24.8 Å². The van der Waals surface area contributed by atoms with Gasteiger partial charge < -0.3 is 14.6 Å². The maximum Gasteiger partial charge on any atom is 0.301 e. The van der Waals surface area contributed by atoms with Gasteiger partial charge >= 0.3 is 5.91 Å². The number of amides is 1. The third-order valence-corrected chi connectivity index (χ3v) is 8.91. The zero-order valence-corrected chi connectivity index (χ0v) is 25.6. The van der Waals surface area contributed by atoms with Crippen molar-refractivity contribution in [1.82, 2.24) is 10.2 Å². The van der Waals surface area contributed by atoms with E-state index in [1.807, 2.05) is 20.8 Å². The Labute approximate surface area is 257 Å². The maximum absolute atomic E-state index is 13.6. The van der Waals surface area contributed by atoms with Crippen LogP contribution in [0.15, 0.2) is 76.6 Å². The fourth-order valence-electron chi connectivity index (χ4n) is 4.53. The molecule has 2 heterocycles. The van der Waals surface area contributed by atoms with Gasteiger partial charge in [0.1, 0.15) is 5.76 Å². The highest BCUT2D eigenvalue weighted by atomic mass is 35.5. The molecule has 11 heteroatoms. The molecule has 1 aromatic heterocycles. The van der Waals surface area contributed by atoms with Crippen molar-refractivity contribution in [3.63, 3.8) is 0 Å². The van der Waals surface area contributed by atoms with E-state index in [0.717, 1.165) is 5.56 Å². The standard InChI is InChI=1S/C31H28ClN3O5S2/c1-4-39-23-15-12-21(16-24(23)40-5-2)26-25(27(36)20-10-13-22(32)14-11-20)28(37)29(38)35(26)30-33-34-31(42-30)41-17-19-8-6-18(3)7-9-19/h6-16,26,36H,4-5,17H2,1-3H3. The van der Waals surface area contributed by atoms with Crippen LogP contribution >= 0.6 is 34.7 Å². The fourth-order valence-corrected chi connectivity index (χ4v) is 6.48. The maximum atomic E-state index is 13.6. The number of hydrogen-bond donors (Lipinski definition) is 1. The Hall–Kier alpha value is -3.86. The Morgan fingerprint density at radius 3 is 2.36 bits per heavy atom. The fraction of sp³-hybridized carbons (Fsp3) is 0.226. The SMILES string of the molecule is CCOc1ccc(C2C(=C(O)c3ccc(Cl)cc3)C(=O)C(=O)N2c2nnc(SCc3ccc(C)cc3)s2)cc1OCC. The molecule has 216 valence electrons. The van der Waals surface area contributed by atoms with Gasteiger partial charge in [-0.3, -0.25) is 14.5 Å². The van der Waals surface area contributed by atoms with E-state index in [1.54, 1.807) is 42.5 Å². The first-order chi connectivity index (χ1) is 20.3. The Bertz CT molecular complexity index is 1640. The summed E-state index contributed by atoms with van der Waals surface area (Å²) in [5.41, 5.74) is 3.13. The van der Waals surface area contributed by atoms with E-state index < -0.39 is 17.7 Å². The minimum Gasteiger partial charge on any atom is -0.507 e. The number of aryl methyl sites for hydroxylation is 1. The van der Waals surface area contributed by atoms with Crippen molar-refractivity contribution in [3.8, 4) is 11.5 Å². The molecular weight excluding hydrogens is 594 g/mol. The largest absolute Gasteiger partial charge is 0.507 e. The molecule has 1 atom stereocenters. The number of anilines is 1. The van der Waals surface area contributed by atoms with Crippen LogP contribution in [0.3, 0.4) is 0 Å². The molecule has 1 fully saturated rings. The molecule has 8 nitrogen and oxygen atoms in total. The number of thioether (sulfide) groups is 1. The van der Waals surface area contributed by atoms with E-state index in [2.05, 4.69) is 34.5 Å². The van der Waals surface area contributed by atoms with Crippen molar-refractivity contribution >= 4 is 57.3 Å². The number of aliphatic hydroxyl groups is 1. The topological polar surface area (TPSA) is 102 Å². The van der Waals surface area contributed by atoms with Crippen molar-refractivity contribution in [2.45, 2.75) is 36.9 Å². The quantitative estimate of drug-likeness (QED) is 0.0651. The molecule has 1 aliphatic heterocycles. The molecule has 1 amide bonds. The molecule has 3 aromatic carbocycles. The van der Waals surface area contributed by atoms with Crippen molar-refractivity contribution in [3.05, 3.63) is 99.6 Å². The lowest BCUT2D eigenvalue weighted by molar-refractivity contribution is -0.132.